The first-order valence-corrected chi connectivity index (χ1v) is 13.2. The Morgan fingerprint density at radius 2 is 1.80 bits per heavy atom. The highest BCUT2D eigenvalue weighted by molar-refractivity contribution is 7.48. The number of hydrogen-bond acceptors (Lipinski definition) is 17. The van der Waals surface area contributed by atoms with Crippen LogP contribution in [0.1, 0.15) is 37.5 Å². The molecule has 1 aliphatic heterocycles. The maximum atomic E-state index is 13.4. The van der Waals surface area contributed by atoms with Crippen molar-refractivity contribution in [3.05, 3.63) is 24.1 Å². The highest BCUT2D eigenvalue weighted by Gasteiger charge is 2.58. The third-order valence-electron chi connectivity index (χ3n) is 5.02. The molecular weight excluding hydrogens is 573 g/mol. The van der Waals surface area contributed by atoms with Gasteiger partial charge in [0.05, 0.1) is 28.6 Å². The maximum Gasteiger partial charge on any atom is 0.510 e. The molecule has 3 heterocycles. The quantitative estimate of drug-likeness (QED) is 0.175. The zero-order valence-corrected chi connectivity index (χ0v) is 23.0. The van der Waals surface area contributed by atoms with E-state index in [1.807, 2.05) is 0 Å². The number of aromatic nitrogens is 3. The van der Waals surface area contributed by atoms with Crippen LogP contribution in [0.5, 0.6) is 0 Å². The summed E-state index contributed by atoms with van der Waals surface area (Å²) in [7, 11) is -5.25. The number of hydrogen-bond donors (Lipinski definition) is 3. The zero-order valence-electron chi connectivity index (χ0n) is 25.2. The van der Waals surface area contributed by atoms with Gasteiger partial charge in [-0.3, -0.25) is 4.52 Å². The number of ether oxygens (including phenoxy) is 5. The summed E-state index contributed by atoms with van der Waals surface area (Å²) in [5, 5.41) is 35.7. The number of rotatable bonds is 12. The van der Waals surface area contributed by atoms with E-state index >= 15 is 0 Å². The molecule has 0 saturated carbocycles. The monoisotopic (exact) mass is 606 g/mol. The zero-order chi connectivity index (χ0) is 33.0. The van der Waals surface area contributed by atoms with Gasteiger partial charge in [0.2, 0.25) is 19.2 Å². The van der Waals surface area contributed by atoms with Crippen molar-refractivity contribution in [3.63, 3.8) is 0 Å². The fourth-order valence-electron chi connectivity index (χ4n) is 3.29. The maximum absolute atomic E-state index is 13.4. The second-order valence-electron chi connectivity index (χ2n) is 8.67. The molecule has 2 aromatic heterocycles. The lowest BCUT2D eigenvalue weighted by molar-refractivity contribution is -0.0752. The molecule has 1 fully saturated rings. The summed E-state index contributed by atoms with van der Waals surface area (Å²) in [6.07, 6.45) is -9.49. The third-order valence-corrected chi connectivity index (χ3v) is 6.19. The minimum absolute atomic E-state index is 0.0802. The van der Waals surface area contributed by atoms with Crippen molar-refractivity contribution in [2.24, 2.45) is 0 Å². The molecule has 0 unspecified atom stereocenters. The number of fused-ring (bicyclic) bond motifs is 1. The van der Waals surface area contributed by atoms with E-state index in [1.54, 1.807) is 6.07 Å². The molecule has 41 heavy (non-hydrogen) atoms. The predicted octanol–water partition coefficient (Wildman–Crippen LogP) is 1.35. The highest BCUT2D eigenvalue weighted by Crippen LogP contribution is 2.50. The Hall–Kier alpha value is -3.56. The Balaban J connectivity index is 1.88. The van der Waals surface area contributed by atoms with E-state index < -0.39 is 76.4 Å². The van der Waals surface area contributed by atoms with Crippen molar-refractivity contribution in [1.29, 1.82) is 5.26 Å². The molecule has 0 aromatic carbocycles. The average Bonchev–Trinajstić information content (AvgIpc) is 3.38. The smallest absolute Gasteiger partial charge is 0.432 e. The van der Waals surface area contributed by atoms with Crippen LogP contribution >= 0.6 is 7.82 Å². The van der Waals surface area contributed by atoms with Crippen molar-refractivity contribution < 1.29 is 65.7 Å². The molecule has 0 bridgehead atoms. The molecule has 19 heteroatoms. The number of nitriles is 1. The predicted molar refractivity (Wildman–Crippen MR) is 132 cm³/mol. The summed E-state index contributed by atoms with van der Waals surface area (Å²) < 4.78 is 78.1. The van der Waals surface area contributed by atoms with E-state index in [-0.39, 0.29) is 23.1 Å². The Kier molecular flexibility index (Phi) is 9.02. The number of nitrogen functional groups attached to an aromatic ring is 1. The second kappa shape index (κ2) is 13.4. The number of phosphoric acid groups is 1. The number of carbonyl (C=O) groups is 2. The fraction of sp³-hybridized carbons (Fsp3) is 0.591. The molecule has 0 radical (unpaired) electrons. The topological polar surface area (TPSA) is 246 Å². The summed E-state index contributed by atoms with van der Waals surface area (Å²) >= 11 is 0. The lowest BCUT2D eigenvalue weighted by atomic mass is 9.92. The number of aliphatic hydroxyl groups is 2. The SMILES string of the molecule is [2H]c1cc([C@]2(C#N)O[C@H](C([2H])([2H])OP(=O)(OCOC(=O)OC(C)C)OCOC(=O)OC(C)C)[C@@H](O)[C@H]2O)n2ncnc(N)c12. The van der Waals surface area contributed by atoms with Gasteiger partial charge in [-0.15, -0.1) is 0 Å². The van der Waals surface area contributed by atoms with Crippen molar-refractivity contribution in [1.82, 2.24) is 14.6 Å². The minimum Gasteiger partial charge on any atom is -0.432 e. The van der Waals surface area contributed by atoms with E-state index in [0.29, 0.717) is 0 Å². The summed E-state index contributed by atoms with van der Waals surface area (Å²) in [6, 6.07) is 2.40. The van der Waals surface area contributed by atoms with Crippen LogP contribution in [-0.4, -0.2) is 87.8 Å². The van der Waals surface area contributed by atoms with Gasteiger partial charge in [0.15, 0.2) is 5.82 Å². The van der Waals surface area contributed by atoms with Gasteiger partial charge < -0.3 is 39.6 Å². The van der Waals surface area contributed by atoms with E-state index in [2.05, 4.69) is 19.6 Å². The number of phosphoric ester groups is 1. The Labute approximate surface area is 237 Å². The van der Waals surface area contributed by atoms with Crippen LogP contribution in [0.15, 0.2) is 18.4 Å². The molecule has 2 aromatic rings. The first-order chi connectivity index (χ1) is 20.5. The number of anilines is 1. The standard InChI is InChI=1S/C22H30N5O13P/c1-12(2)38-20(30)33-10-36-41(32,37-11-34-21(31)39-13(3)4)35-7-15-17(28)18(29)22(8-23,40-15)16-6-5-14-19(24)25-9-26-27(14)16/h5-6,9,12-13,15,17-18,28-29H,7,10-11H2,1-4H3,(H2,24,25,26)/t15-,17-,18-,22+/m1/s1/i5D,7D2. The summed E-state index contributed by atoms with van der Waals surface area (Å²) in [4.78, 5) is 27.1. The van der Waals surface area contributed by atoms with Crippen LogP contribution < -0.4 is 5.73 Å². The summed E-state index contributed by atoms with van der Waals surface area (Å²) in [5.74, 6) is -0.165. The molecule has 4 N–H and O–H groups in total. The molecule has 0 aliphatic carbocycles. The molecule has 3 rings (SSSR count). The van der Waals surface area contributed by atoms with Crippen LogP contribution in [0.2, 0.25) is 0 Å². The van der Waals surface area contributed by atoms with Crippen LogP contribution in [0.25, 0.3) is 5.52 Å². The number of nitrogens with two attached hydrogens (primary N) is 1. The summed E-state index contributed by atoms with van der Waals surface area (Å²) in [6.45, 7) is 0.244. The van der Waals surface area contributed by atoms with E-state index in [9.17, 15) is 29.6 Å². The minimum atomic E-state index is -5.25. The van der Waals surface area contributed by atoms with E-state index in [1.165, 1.54) is 27.7 Å². The molecule has 1 saturated heterocycles. The Morgan fingerprint density at radius 1 is 1.22 bits per heavy atom. The fourth-order valence-corrected chi connectivity index (χ4v) is 4.06. The lowest BCUT2D eigenvalue weighted by Gasteiger charge is -2.24. The van der Waals surface area contributed by atoms with Crippen molar-refractivity contribution in [3.8, 4) is 6.07 Å². The number of nitrogens with zero attached hydrogens (tertiary/aromatic N) is 4. The third kappa shape index (κ3) is 7.59. The molecule has 226 valence electrons. The Bertz CT molecular complexity index is 1420. The van der Waals surface area contributed by atoms with Gasteiger partial charge in [-0.2, -0.15) is 10.4 Å². The van der Waals surface area contributed by atoms with Crippen LogP contribution in [0.4, 0.5) is 15.4 Å². The van der Waals surface area contributed by atoms with Crippen LogP contribution in [0.3, 0.4) is 0 Å². The Morgan fingerprint density at radius 3 is 2.34 bits per heavy atom. The van der Waals surface area contributed by atoms with E-state index in [4.69, 9.17) is 37.6 Å². The largest absolute Gasteiger partial charge is 0.510 e. The molecule has 4 atom stereocenters. The molecule has 18 nitrogen and oxygen atoms in total. The first kappa shape index (κ1) is 27.6. The molecular formula is C22H30N5O13P. The van der Waals surface area contributed by atoms with Gasteiger partial charge in [0, 0.05) is 0 Å². The van der Waals surface area contributed by atoms with Gasteiger partial charge in [0.25, 0.3) is 0 Å². The average molecular weight is 606 g/mol. The first-order valence-electron chi connectivity index (χ1n) is 13.3. The second-order valence-corrected chi connectivity index (χ2v) is 10.3. The van der Waals surface area contributed by atoms with Gasteiger partial charge >= 0.3 is 20.1 Å². The van der Waals surface area contributed by atoms with Crippen molar-refractivity contribution in [2.45, 2.75) is 63.8 Å². The van der Waals surface area contributed by atoms with E-state index in [0.717, 1.165) is 16.9 Å². The van der Waals surface area contributed by atoms with Gasteiger partial charge in [-0.05, 0) is 39.8 Å². The van der Waals surface area contributed by atoms with Gasteiger partial charge in [0.1, 0.15) is 36.2 Å². The van der Waals surface area contributed by atoms with Crippen LogP contribution in [-0.2, 0) is 47.4 Å². The van der Waals surface area contributed by atoms with Gasteiger partial charge in [-0.1, -0.05) is 0 Å². The highest BCUT2D eigenvalue weighted by atomic mass is 31.2. The number of aliphatic hydroxyl groups excluding tert-OH is 2. The lowest BCUT2D eigenvalue weighted by Crippen LogP contribution is -2.41. The number of carbonyl (C=O) groups excluding carboxylic acids is 2. The molecule has 0 spiro atoms. The normalized spacial score (nSPS) is 24.0. The molecule has 1 aliphatic rings. The van der Waals surface area contributed by atoms with Crippen molar-refractivity contribution >= 4 is 31.5 Å². The van der Waals surface area contributed by atoms with Crippen LogP contribution in [0, 0.1) is 11.3 Å². The summed E-state index contributed by atoms with van der Waals surface area (Å²) in [5.41, 5.74) is 2.81. The van der Waals surface area contributed by atoms with Crippen molar-refractivity contribution in [2.75, 3.05) is 25.9 Å². The molecule has 0 amide bonds. The van der Waals surface area contributed by atoms with Gasteiger partial charge in [-0.25, -0.2) is 32.7 Å².